The van der Waals surface area contributed by atoms with E-state index in [4.69, 9.17) is 0 Å². The van der Waals surface area contributed by atoms with E-state index in [2.05, 4.69) is 55.4 Å². The summed E-state index contributed by atoms with van der Waals surface area (Å²) in [5, 5.41) is 5.58. The van der Waals surface area contributed by atoms with Gasteiger partial charge in [0.1, 0.15) is 5.65 Å². The van der Waals surface area contributed by atoms with Crippen LogP contribution >= 0.6 is 0 Å². The molecule has 148 valence electrons. The van der Waals surface area contributed by atoms with Crippen molar-refractivity contribution in [3.63, 3.8) is 0 Å². The van der Waals surface area contributed by atoms with Crippen LogP contribution in [0.1, 0.15) is 5.69 Å². The van der Waals surface area contributed by atoms with Crippen LogP contribution in [0.4, 0.5) is 0 Å². The van der Waals surface area contributed by atoms with Gasteiger partial charge in [-0.3, -0.25) is 9.97 Å². The van der Waals surface area contributed by atoms with Crippen LogP contribution in [0.5, 0.6) is 0 Å². The molecule has 0 unspecified atom stereocenters. The van der Waals surface area contributed by atoms with Crippen molar-refractivity contribution >= 4 is 16.6 Å². The maximum absolute atomic E-state index is 4.65. The number of hydrogen-bond acceptors (Lipinski definition) is 4. The summed E-state index contributed by atoms with van der Waals surface area (Å²) in [5.41, 5.74) is 9.34. The number of aromatic amines is 1. The van der Waals surface area contributed by atoms with Gasteiger partial charge in [-0.15, -0.1) is 0 Å². The van der Waals surface area contributed by atoms with E-state index in [1.54, 1.807) is 6.20 Å². The molecule has 6 rings (SSSR count). The third-order valence-electron chi connectivity index (χ3n) is 5.65. The molecule has 0 fully saturated rings. The van der Waals surface area contributed by atoms with Crippen molar-refractivity contribution < 1.29 is 0 Å². The summed E-state index contributed by atoms with van der Waals surface area (Å²) in [6, 6.07) is 14.5. The average Bonchev–Trinajstić information content (AvgIpc) is 3.43. The SMILES string of the molecule is Cc1ncccc1-c1cnc2[nH]cc(-c3ccn4ncc(-c5cccnc5)c4c3)c2c1. The van der Waals surface area contributed by atoms with Crippen LogP contribution in [0, 0.1) is 6.92 Å². The van der Waals surface area contributed by atoms with E-state index in [0.717, 1.165) is 55.6 Å². The average molecular weight is 402 g/mol. The summed E-state index contributed by atoms with van der Waals surface area (Å²) < 4.78 is 1.89. The lowest BCUT2D eigenvalue weighted by Gasteiger charge is -2.06. The Bertz CT molecular complexity index is 1550. The molecule has 6 heteroatoms. The number of pyridine rings is 4. The van der Waals surface area contributed by atoms with Gasteiger partial charge in [0.15, 0.2) is 0 Å². The minimum atomic E-state index is 0.862. The molecule has 0 saturated carbocycles. The first-order chi connectivity index (χ1) is 15.3. The molecule has 0 spiro atoms. The van der Waals surface area contributed by atoms with E-state index < -0.39 is 0 Å². The highest BCUT2D eigenvalue weighted by atomic mass is 15.2. The number of rotatable bonds is 3. The molecule has 0 amide bonds. The zero-order valence-corrected chi connectivity index (χ0v) is 16.8. The van der Waals surface area contributed by atoms with Crippen molar-refractivity contribution in [1.29, 1.82) is 0 Å². The van der Waals surface area contributed by atoms with Crippen LogP contribution in [0.25, 0.3) is 49.9 Å². The number of H-pyrrole nitrogens is 1. The van der Waals surface area contributed by atoms with Gasteiger partial charge in [0.2, 0.25) is 0 Å². The molecule has 6 aromatic rings. The lowest BCUT2D eigenvalue weighted by atomic mass is 10.0. The molecule has 6 aromatic heterocycles. The second kappa shape index (κ2) is 6.88. The second-order valence-corrected chi connectivity index (χ2v) is 7.50. The van der Waals surface area contributed by atoms with Gasteiger partial charge in [-0.2, -0.15) is 5.10 Å². The molecule has 0 atom stereocenters. The Morgan fingerprint density at radius 3 is 2.61 bits per heavy atom. The van der Waals surface area contributed by atoms with E-state index in [1.807, 2.05) is 60.8 Å². The van der Waals surface area contributed by atoms with Crippen LogP contribution in [0.2, 0.25) is 0 Å². The Hall–Kier alpha value is -4.32. The number of fused-ring (bicyclic) bond motifs is 2. The normalized spacial score (nSPS) is 11.4. The van der Waals surface area contributed by atoms with Crippen molar-refractivity contribution in [3.8, 4) is 33.4 Å². The molecule has 0 aliphatic heterocycles. The molecule has 0 aliphatic carbocycles. The number of aromatic nitrogens is 6. The molecule has 6 heterocycles. The molecule has 6 nitrogen and oxygen atoms in total. The summed E-state index contributed by atoms with van der Waals surface area (Å²) in [4.78, 5) is 16.6. The molecule has 1 N–H and O–H groups in total. The molecule has 31 heavy (non-hydrogen) atoms. The summed E-state index contributed by atoms with van der Waals surface area (Å²) in [7, 11) is 0. The summed E-state index contributed by atoms with van der Waals surface area (Å²) in [6.07, 6.45) is 13.2. The van der Waals surface area contributed by atoms with Gasteiger partial charge in [-0.05, 0) is 42.8 Å². The highest BCUT2D eigenvalue weighted by Crippen LogP contribution is 2.33. The van der Waals surface area contributed by atoms with Crippen LogP contribution in [-0.4, -0.2) is 29.5 Å². The predicted octanol–water partition coefficient (Wildman–Crippen LogP) is 5.31. The van der Waals surface area contributed by atoms with E-state index >= 15 is 0 Å². The zero-order chi connectivity index (χ0) is 20.8. The van der Waals surface area contributed by atoms with E-state index in [1.165, 1.54) is 0 Å². The fourth-order valence-corrected chi connectivity index (χ4v) is 4.07. The van der Waals surface area contributed by atoms with Gasteiger partial charge in [0.25, 0.3) is 0 Å². The van der Waals surface area contributed by atoms with E-state index in [-0.39, 0.29) is 0 Å². The standard InChI is InChI=1S/C25H18N6/c1-16-20(5-3-8-27-16)19-10-21-22(14-29-25(21)28-13-19)17-6-9-31-24(11-17)23(15-30-31)18-4-2-7-26-12-18/h2-15H,1H3,(H,28,29). The number of nitrogens with one attached hydrogen (secondary N) is 1. The van der Waals surface area contributed by atoms with E-state index in [0.29, 0.717) is 0 Å². The van der Waals surface area contributed by atoms with Gasteiger partial charge in [0.05, 0.1) is 11.7 Å². The van der Waals surface area contributed by atoms with Gasteiger partial charge in [0, 0.05) is 76.1 Å². The minimum Gasteiger partial charge on any atom is -0.346 e. The van der Waals surface area contributed by atoms with Crippen LogP contribution in [0.15, 0.2) is 85.8 Å². The largest absolute Gasteiger partial charge is 0.346 e. The third kappa shape index (κ3) is 2.88. The minimum absolute atomic E-state index is 0.862. The highest BCUT2D eigenvalue weighted by molar-refractivity contribution is 5.97. The fraction of sp³-hybridized carbons (Fsp3) is 0.0400. The quantitative estimate of drug-likeness (QED) is 0.435. The van der Waals surface area contributed by atoms with Crippen molar-refractivity contribution in [2.75, 3.05) is 0 Å². The molecule has 0 aromatic carbocycles. The van der Waals surface area contributed by atoms with Gasteiger partial charge in [-0.1, -0.05) is 12.1 Å². The van der Waals surface area contributed by atoms with Crippen molar-refractivity contribution in [1.82, 2.24) is 29.5 Å². The lowest BCUT2D eigenvalue weighted by Crippen LogP contribution is -1.89. The number of aryl methyl sites for hydroxylation is 1. The van der Waals surface area contributed by atoms with Crippen LogP contribution in [-0.2, 0) is 0 Å². The lowest BCUT2D eigenvalue weighted by molar-refractivity contribution is 0.962. The van der Waals surface area contributed by atoms with Crippen molar-refractivity contribution in [2.24, 2.45) is 0 Å². The van der Waals surface area contributed by atoms with Crippen LogP contribution in [0.3, 0.4) is 0 Å². The molecular weight excluding hydrogens is 384 g/mol. The predicted molar refractivity (Wildman–Crippen MR) is 121 cm³/mol. The molecule has 0 saturated heterocycles. The molecule has 0 aliphatic rings. The Morgan fingerprint density at radius 1 is 0.806 bits per heavy atom. The van der Waals surface area contributed by atoms with Crippen LogP contribution < -0.4 is 0 Å². The maximum Gasteiger partial charge on any atom is 0.137 e. The van der Waals surface area contributed by atoms with Crippen molar-refractivity contribution in [3.05, 3.63) is 91.5 Å². The van der Waals surface area contributed by atoms with Gasteiger partial charge in [-0.25, -0.2) is 9.50 Å². The first kappa shape index (κ1) is 17.5. The fourth-order valence-electron chi connectivity index (χ4n) is 4.07. The second-order valence-electron chi connectivity index (χ2n) is 7.50. The Balaban J connectivity index is 1.52. The Kier molecular flexibility index (Phi) is 3.89. The molecular formula is C25H18N6. The Morgan fingerprint density at radius 2 is 1.74 bits per heavy atom. The summed E-state index contributed by atoms with van der Waals surface area (Å²) >= 11 is 0. The highest BCUT2D eigenvalue weighted by Gasteiger charge is 2.13. The van der Waals surface area contributed by atoms with Gasteiger partial charge >= 0.3 is 0 Å². The van der Waals surface area contributed by atoms with Crippen molar-refractivity contribution in [2.45, 2.75) is 6.92 Å². The number of nitrogens with zero attached hydrogens (tertiary/aromatic N) is 5. The Labute approximate surface area is 178 Å². The third-order valence-corrected chi connectivity index (χ3v) is 5.65. The first-order valence-corrected chi connectivity index (χ1v) is 10.1. The smallest absolute Gasteiger partial charge is 0.137 e. The van der Waals surface area contributed by atoms with E-state index in [9.17, 15) is 0 Å². The maximum atomic E-state index is 4.65. The summed E-state index contributed by atoms with van der Waals surface area (Å²) in [6.45, 7) is 2.02. The number of hydrogen-bond donors (Lipinski definition) is 1. The molecule has 0 radical (unpaired) electrons. The van der Waals surface area contributed by atoms with Gasteiger partial charge < -0.3 is 4.98 Å². The topological polar surface area (TPSA) is 71.8 Å². The monoisotopic (exact) mass is 402 g/mol. The summed E-state index contributed by atoms with van der Waals surface area (Å²) in [5.74, 6) is 0. The zero-order valence-electron chi connectivity index (χ0n) is 16.8. The first-order valence-electron chi connectivity index (χ1n) is 10.1. The molecule has 0 bridgehead atoms.